The first-order valence-corrected chi connectivity index (χ1v) is 9.53. The zero-order valence-corrected chi connectivity index (χ0v) is 14.5. The second kappa shape index (κ2) is 6.99. The van der Waals surface area contributed by atoms with Crippen LogP contribution in [0.2, 0.25) is 0 Å². The highest BCUT2D eigenvalue weighted by atomic mass is 32.1. The van der Waals surface area contributed by atoms with E-state index in [1.165, 1.54) is 41.3 Å². The Balaban J connectivity index is 1.55. The highest BCUT2D eigenvalue weighted by molar-refractivity contribution is 7.11. The number of carbonyl (C=O) groups excluding carboxylic acids is 1. The third kappa shape index (κ3) is 3.45. The molecule has 1 fully saturated rings. The molecule has 2 amide bonds. The van der Waals surface area contributed by atoms with Crippen LogP contribution in [0.25, 0.3) is 0 Å². The number of aryl methyl sites for hydroxylation is 2. The van der Waals surface area contributed by atoms with Gasteiger partial charge in [-0.15, -0.1) is 11.3 Å². The first kappa shape index (κ1) is 15.8. The minimum atomic E-state index is 0.103. The number of hydrogen-bond acceptors (Lipinski definition) is 3. The first-order chi connectivity index (χ1) is 10.7. The predicted octanol–water partition coefficient (Wildman–Crippen LogP) is 3.71. The van der Waals surface area contributed by atoms with Crippen molar-refractivity contribution in [2.24, 2.45) is 0 Å². The van der Waals surface area contributed by atoms with Gasteiger partial charge >= 0.3 is 6.03 Å². The van der Waals surface area contributed by atoms with Crippen molar-refractivity contribution in [3.05, 3.63) is 15.6 Å². The Morgan fingerprint density at radius 3 is 2.77 bits per heavy atom. The standard InChI is InChI=1S/C17H27N3OS/c1-3-12(2)18-17(21)20-10-8-13(9-11-20)16-19-14-6-4-5-7-15(14)22-16/h12-13H,3-11H2,1-2H3,(H,18,21). The third-order valence-electron chi connectivity index (χ3n) is 4.98. The van der Waals surface area contributed by atoms with E-state index in [0.29, 0.717) is 5.92 Å². The van der Waals surface area contributed by atoms with Gasteiger partial charge in [0.15, 0.2) is 0 Å². The summed E-state index contributed by atoms with van der Waals surface area (Å²) in [4.78, 5) is 20.6. The number of rotatable bonds is 3. The Morgan fingerprint density at radius 1 is 1.36 bits per heavy atom. The molecular weight excluding hydrogens is 294 g/mol. The molecule has 1 aliphatic heterocycles. The topological polar surface area (TPSA) is 45.2 Å². The number of amides is 2. The molecule has 1 atom stereocenters. The Morgan fingerprint density at radius 2 is 2.09 bits per heavy atom. The number of nitrogens with zero attached hydrogens (tertiary/aromatic N) is 2. The molecule has 122 valence electrons. The largest absolute Gasteiger partial charge is 0.336 e. The van der Waals surface area contributed by atoms with E-state index >= 15 is 0 Å². The van der Waals surface area contributed by atoms with E-state index in [0.717, 1.165) is 32.4 Å². The van der Waals surface area contributed by atoms with Crippen molar-refractivity contribution in [1.82, 2.24) is 15.2 Å². The van der Waals surface area contributed by atoms with Crippen LogP contribution in [-0.4, -0.2) is 35.0 Å². The second-order valence-corrected chi connectivity index (χ2v) is 7.76. The van der Waals surface area contributed by atoms with Crippen LogP contribution in [0.15, 0.2) is 0 Å². The molecule has 1 N–H and O–H groups in total. The Kier molecular flexibility index (Phi) is 5.01. The lowest BCUT2D eigenvalue weighted by Gasteiger charge is -2.32. The molecule has 0 bridgehead atoms. The number of carbonyl (C=O) groups is 1. The number of thiazole rings is 1. The fourth-order valence-electron chi connectivity index (χ4n) is 3.28. The summed E-state index contributed by atoms with van der Waals surface area (Å²) in [6.45, 7) is 5.88. The summed E-state index contributed by atoms with van der Waals surface area (Å²) in [5.41, 5.74) is 1.36. The zero-order valence-electron chi connectivity index (χ0n) is 13.7. The monoisotopic (exact) mass is 321 g/mol. The van der Waals surface area contributed by atoms with Crippen LogP contribution in [0.4, 0.5) is 4.79 Å². The molecule has 0 spiro atoms. The van der Waals surface area contributed by atoms with E-state index in [4.69, 9.17) is 4.98 Å². The smallest absolute Gasteiger partial charge is 0.317 e. The molecule has 0 saturated carbocycles. The second-order valence-electron chi connectivity index (χ2n) is 6.65. The molecule has 1 saturated heterocycles. The molecule has 3 rings (SSSR count). The van der Waals surface area contributed by atoms with E-state index in [1.807, 2.05) is 16.2 Å². The third-order valence-corrected chi connectivity index (χ3v) is 6.30. The van der Waals surface area contributed by atoms with Crippen molar-refractivity contribution in [1.29, 1.82) is 0 Å². The van der Waals surface area contributed by atoms with Gasteiger partial charge in [0.1, 0.15) is 0 Å². The van der Waals surface area contributed by atoms with Gasteiger partial charge in [-0.05, 0) is 51.9 Å². The van der Waals surface area contributed by atoms with Gasteiger partial charge in [-0.25, -0.2) is 9.78 Å². The van der Waals surface area contributed by atoms with Crippen LogP contribution < -0.4 is 5.32 Å². The molecule has 5 heteroatoms. The Labute approximate surface area is 137 Å². The maximum atomic E-state index is 12.2. The maximum Gasteiger partial charge on any atom is 0.317 e. The summed E-state index contributed by atoms with van der Waals surface area (Å²) in [6.07, 6.45) is 8.10. The molecule has 4 nitrogen and oxygen atoms in total. The molecule has 1 aliphatic carbocycles. The fourth-order valence-corrected chi connectivity index (χ4v) is 4.60. The van der Waals surface area contributed by atoms with Gasteiger partial charge in [0.05, 0.1) is 10.7 Å². The number of nitrogens with one attached hydrogen (secondary N) is 1. The van der Waals surface area contributed by atoms with Gasteiger partial charge in [-0.2, -0.15) is 0 Å². The van der Waals surface area contributed by atoms with Crippen LogP contribution in [0.5, 0.6) is 0 Å². The summed E-state index contributed by atoms with van der Waals surface area (Å²) >= 11 is 1.94. The molecule has 1 unspecified atom stereocenters. The predicted molar refractivity (Wildman–Crippen MR) is 90.6 cm³/mol. The number of likely N-dealkylation sites (tertiary alicyclic amines) is 1. The van der Waals surface area contributed by atoms with Gasteiger partial charge in [0, 0.05) is 29.9 Å². The van der Waals surface area contributed by atoms with E-state index in [-0.39, 0.29) is 12.1 Å². The highest BCUT2D eigenvalue weighted by Gasteiger charge is 2.27. The van der Waals surface area contributed by atoms with Crippen LogP contribution in [0.1, 0.15) is 67.4 Å². The summed E-state index contributed by atoms with van der Waals surface area (Å²) in [6, 6.07) is 0.363. The van der Waals surface area contributed by atoms with Crippen molar-refractivity contribution in [3.63, 3.8) is 0 Å². The normalized spacial score (nSPS) is 20.5. The maximum absolute atomic E-state index is 12.2. The van der Waals surface area contributed by atoms with Gasteiger partial charge in [0.2, 0.25) is 0 Å². The molecule has 2 heterocycles. The van der Waals surface area contributed by atoms with Gasteiger partial charge in [-0.1, -0.05) is 6.92 Å². The van der Waals surface area contributed by atoms with Crippen molar-refractivity contribution in [2.45, 2.75) is 70.8 Å². The Hall–Kier alpha value is -1.10. The van der Waals surface area contributed by atoms with Gasteiger partial charge in [0.25, 0.3) is 0 Å². The molecule has 1 aromatic heterocycles. The quantitative estimate of drug-likeness (QED) is 0.922. The lowest BCUT2D eigenvalue weighted by molar-refractivity contribution is 0.178. The Bertz CT molecular complexity index is 496. The van der Waals surface area contributed by atoms with Crippen molar-refractivity contribution < 1.29 is 4.79 Å². The highest BCUT2D eigenvalue weighted by Crippen LogP contribution is 2.35. The number of fused-ring (bicyclic) bond motifs is 1. The van der Waals surface area contributed by atoms with Crippen LogP contribution in [-0.2, 0) is 12.8 Å². The minimum Gasteiger partial charge on any atom is -0.336 e. The molecular formula is C17H27N3OS. The lowest BCUT2D eigenvalue weighted by atomic mass is 9.97. The molecule has 0 aromatic carbocycles. The van der Waals surface area contributed by atoms with Crippen LogP contribution in [0.3, 0.4) is 0 Å². The zero-order chi connectivity index (χ0) is 15.5. The number of aromatic nitrogens is 1. The van der Waals surface area contributed by atoms with E-state index < -0.39 is 0 Å². The van der Waals surface area contributed by atoms with Crippen molar-refractivity contribution in [2.75, 3.05) is 13.1 Å². The van der Waals surface area contributed by atoms with E-state index in [1.54, 1.807) is 0 Å². The summed E-state index contributed by atoms with van der Waals surface area (Å²) in [5, 5.41) is 4.40. The SMILES string of the molecule is CCC(C)NC(=O)N1CCC(c2nc3c(s2)CCCC3)CC1. The van der Waals surface area contributed by atoms with Crippen LogP contribution in [0, 0.1) is 0 Å². The average molecular weight is 321 g/mol. The van der Waals surface area contributed by atoms with E-state index in [2.05, 4.69) is 19.2 Å². The number of hydrogen-bond donors (Lipinski definition) is 1. The van der Waals surface area contributed by atoms with Crippen LogP contribution >= 0.6 is 11.3 Å². The van der Waals surface area contributed by atoms with Gasteiger partial charge in [-0.3, -0.25) is 0 Å². The van der Waals surface area contributed by atoms with E-state index in [9.17, 15) is 4.79 Å². The first-order valence-electron chi connectivity index (χ1n) is 8.71. The summed E-state index contributed by atoms with van der Waals surface area (Å²) < 4.78 is 0. The minimum absolute atomic E-state index is 0.103. The average Bonchev–Trinajstić information content (AvgIpc) is 2.98. The molecule has 1 aromatic rings. The summed E-state index contributed by atoms with van der Waals surface area (Å²) in [5.74, 6) is 0.559. The molecule has 22 heavy (non-hydrogen) atoms. The number of piperidine rings is 1. The number of urea groups is 1. The fraction of sp³-hybridized carbons (Fsp3) is 0.765. The van der Waals surface area contributed by atoms with Crippen molar-refractivity contribution >= 4 is 17.4 Å². The lowest BCUT2D eigenvalue weighted by Crippen LogP contribution is -2.46. The van der Waals surface area contributed by atoms with Gasteiger partial charge < -0.3 is 10.2 Å². The summed E-state index contributed by atoms with van der Waals surface area (Å²) in [7, 11) is 0. The molecule has 2 aliphatic rings. The van der Waals surface area contributed by atoms with Crippen molar-refractivity contribution in [3.8, 4) is 0 Å². The molecule has 0 radical (unpaired) electrons.